The molecule has 1 heterocycles. The van der Waals surface area contributed by atoms with Gasteiger partial charge in [-0.2, -0.15) is 0 Å². The number of hydrogen-bond donors (Lipinski definition) is 0. The number of rotatable bonds is 4. The second-order valence-corrected chi connectivity index (χ2v) is 4.08. The number of imidazole rings is 1. The molecule has 0 N–H and O–H groups in total. The van der Waals surface area contributed by atoms with E-state index in [-0.39, 0.29) is 11.9 Å². The molecule has 4 nitrogen and oxygen atoms in total. The Morgan fingerprint density at radius 1 is 1.67 bits per heavy atom. The van der Waals surface area contributed by atoms with Crippen LogP contribution in [0.25, 0.3) is 0 Å². The van der Waals surface area contributed by atoms with E-state index in [0.29, 0.717) is 18.1 Å². The van der Waals surface area contributed by atoms with Crippen LogP contribution in [0.5, 0.6) is 0 Å². The average molecular weight is 230 g/mol. The van der Waals surface area contributed by atoms with Crippen molar-refractivity contribution in [3.63, 3.8) is 0 Å². The number of alkyl halides is 1. The van der Waals surface area contributed by atoms with E-state index in [9.17, 15) is 4.79 Å². The molecule has 0 atom stereocenters. The SMILES string of the molecule is CC(C)N(CCCl)C(=O)c1cn(C)cn1. The number of halogens is 1. The van der Waals surface area contributed by atoms with Gasteiger partial charge in [0.2, 0.25) is 0 Å². The predicted octanol–water partition coefficient (Wildman–Crippen LogP) is 1.51. The lowest BCUT2D eigenvalue weighted by Gasteiger charge is -2.24. The standard InChI is InChI=1S/C10H16ClN3O/c1-8(2)14(5-4-11)10(15)9-6-13(3)7-12-9/h6-8H,4-5H2,1-3H3. The smallest absolute Gasteiger partial charge is 0.274 e. The summed E-state index contributed by atoms with van der Waals surface area (Å²) < 4.78 is 1.76. The molecule has 15 heavy (non-hydrogen) atoms. The van der Waals surface area contributed by atoms with Gasteiger partial charge in [0.25, 0.3) is 5.91 Å². The predicted molar refractivity (Wildman–Crippen MR) is 60.1 cm³/mol. The molecule has 0 saturated carbocycles. The van der Waals surface area contributed by atoms with Gasteiger partial charge in [-0.05, 0) is 13.8 Å². The number of hydrogen-bond acceptors (Lipinski definition) is 2. The summed E-state index contributed by atoms with van der Waals surface area (Å²) in [6.45, 7) is 4.48. The third-order valence-corrected chi connectivity index (χ3v) is 2.30. The highest BCUT2D eigenvalue weighted by Gasteiger charge is 2.19. The monoisotopic (exact) mass is 229 g/mol. The maximum absolute atomic E-state index is 12.0. The van der Waals surface area contributed by atoms with Crippen LogP contribution in [-0.2, 0) is 7.05 Å². The van der Waals surface area contributed by atoms with Gasteiger partial charge in [0.1, 0.15) is 5.69 Å². The van der Waals surface area contributed by atoms with Crippen LogP contribution in [0.15, 0.2) is 12.5 Å². The summed E-state index contributed by atoms with van der Waals surface area (Å²) in [4.78, 5) is 17.7. The average Bonchev–Trinajstić information content (AvgIpc) is 2.59. The summed E-state index contributed by atoms with van der Waals surface area (Å²) in [6.07, 6.45) is 3.33. The van der Waals surface area contributed by atoms with Gasteiger partial charge in [-0.15, -0.1) is 11.6 Å². The van der Waals surface area contributed by atoms with Crippen LogP contribution in [0, 0.1) is 0 Å². The molecule has 0 radical (unpaired) electrons. The minimum absolute atomic E-state index is 0.0637. The number of aryl methyl sites for hydroxylation is 1. The molecule has 1 aromatic rings. The van der Waals surface area contributed by atoms with E-state index in [0.717, 1.165) is 0 Å². The molecule has 0 spiro atoms. The van der Waals surface area contributed by atoms with Crippen molar-refractivity contribution in [2.75, 3.05) is 12.4 Å². The summed E-state index contributed by atoms with van der Waals surface area (Å²) in [5.41, 5.74) is 0.469. The molecule has 0 aromatic carbocycles. The maximum Gasteiger partial charge on any atom is 0.274 e. The molecular weight excluding hydrogens is 214 g/mol. The summed E-state index contributed by atoms with van der Waals surface area (Å²) >= 11 is 5.66. The Kier molecular flexibility index (Phi) is 4.15. The van der Waals surface area contributed by atoms with Crippen LogP contribution >= 0.6 is 11.6 Å². The molecule has 0 fully saturated rings. The molecule has 84 valence electrons. The number of carbonyl (C=O) groups is 1. The van der Waals surface area contributed by atoms with Crippen LogP contribution in [0.4, 0.5) is 0 Å². The second-order valence-electron chi connectivity index (χ2n) is 3.71. The number of nitrogens with zero attached hydrogens (tertiary/aromatic N) is 3. The first kappa shape index (κ1) is 12.0. The van der Waals surface area contributed by atoms with Gasteiger partial charge in [0, 0.05) is 31.7 Å². The fourth-order valence-corrected chi connectivity index (χ4v) is 1.54. The van der Waals surface area contributed by atoms with E-state index in [1.54, 1.807) is 22.0 Å². The summed E-state index contributed by atoms with van der Waals surface area (Å²) in [5.74, 6) is 0.378. The topological polar surface area (TPSA) is 38.1 Å². The largest absolute Gasteiger partial charge is 0.340 e. The number of carbonyl (C=O) groups excluding carboxylic acids is 1. The van der Waals surface area contributed by atoms with E-state index < -0.39 is 0 Å². The van der Waals surface area contributed by atoms with Crippen LogP contribution in [0.2, 0.25) is 0 Å². The van der Waals surface area contributed by atoms with E-state index in [4.69, 9.17) is 11.6 Å². The number of amides is 1. The van der Waals surface area contributed by atoms with E-state index in [2.05, 4.69) is 4.98 Å². The highest BCUT2D eigenvalue weighted by molar-refractivity contribution is 6.18. The Hall–Kier alpha value is -1.03. The Morgan fingerprint density at radius 3 is 2.73 bits per heavy atom. The quantitative estimate of drug-likeness (QED) is 0.735. The third kappa shape index (κ3) is 2.96. The lowest BCUT2D eigenvalue weighted by Crippen LogP contribution is -2.38. The first-order valence-electron chi connectivity index (χ1n) is 4.91. The Balaban J connectivity index is 2.80. The van der Waals surface area contributed by atoms with Crippen LogP contribution < -0.4 is 0 Å². The van der Waals surface area contributed by atoms with Crippen molar-refractivity contribution in [2.24, 2.45) is 7.05 Å². The maximum atomic E-state index is 12.0. The second kappa shape index (κ2) is 5.16. The van der Waals surface area contributed by atoms with E-state index in [1.807, 2.05) is 20.9 Å². The minimum atomic E-state index is -0.0637. The molecule has 1 rings (SSSR count). The van der Waals surface area contributed by atoms with Crippen LogP contribution in [0.3, 0.4) is 0 Å². The molecule has 0 aliphatic heterocycles. The Morgan fingerprint density at radius 2 is 2.33 bits per heavy atom. The fraction of sp³-hybridized carbons (Fsp3) is 0.600. The van der Waals surface area contributed by atoms with E-state index in [1.165, 1.54) is 0 Å². The summed E-state index contributed by atoms with van der Waals surface area (Å²) in [7, 11) is 1.84. The van der Waals surface area contributed by atoms with Crippen molar-refractivity contribution in [1.29, 1.82) is 0 Å². The Labute approximate surface area is 94.8 Å². The van der Waals surface area contributed by atoms with Gasteiger partial charge < -0.3 is 9.47 Å². The van der Waals surface area contributed by atoms with Crippen molar-refractivity contribution in [1.82, 2.24) is 14.5 Å². The molecule has 5 heteroatoms. The molecule has 1 amide bonds. The third-order valence-electron chi connectivity index (χ3n) is 2.13. The minimum Gasteiger partial charge on any atom is -0.340 e. The van der Waals surface area contributed by atoms with Crippen LogP contribution in [-0.4, -0.2) is 38.8 Å². The van der Waals surface area contributed by atoms with Gasteiger partial charge in [0.15, 0.2) is 0 Å². The summed E-state index contributed by atoms with van der Waals surface area (Å²) in [5, 5.41) is 0. The zero-order chi connectivity index (χ0) is 11.4. The number of aromatic nitrogens is 2. The molecular formula is C10H16ClN3O. The molecule has 0 saturated heterocycles. The zero-order valence-corrected chi connectivity index (χ0v) is 10.0. The van der Waals surface area contributed by atoms with Crippen molar-refractivity contribution in [2.45, 2.75) is 19.9 Å². The summed E-state index contributed by atoms with van der Waals surface area (Å²) in [6, 6.07) is 0.137. The first-order valence-corrected chi connectivity index (χ1v) is 5.44. The molecule has 0 bridgehead atoms. The van der Waals surface area contributed by atoms with Gasteiger partial charge in [-0.25, -0.2) is 4.98 Å². The van der Waals surface area contributed by atoms with Crippen molar-refractivity contribution < 1.29 is 4.79 Å². The van der Waals surface area contributed by atoms with Gasteiger partial charge in [0.05, 0.1) is 6.33 Å². The first-order chi connectivity index (χ1) is 7.06. The van der Waals surface area contributed by atoms with Gasteiger partial charge >= 0.3 is 0 Å². The highest BCUT2D eigenvalue weighted by Crippen LogP contribution is 2.06. The molecule has 0 unspecified atom stereocenters. The molecule has 0 aliphatic rings. The zero-order valence-electron chi connectivity index (χ0n) is 9.27. The van der Waals surface area contributed by atoms with Crippen molar-refractivity contribution in [3.8, 4) is 0 Å². The highest BCUT2D eigenvalue weighted by atomic mass is 35.5. The molecule has 1 aromatic heterocycles. The van der Waals surface area contributed by atoms with Crippen molar-refractivity contribution >= 4 is 17.5 Å². The lowest BCUT2D eigenvalue weighted by molar-refractivity contribution is 0.0712. The normalized spacial score (nSPS) is 10.7. The van der Waals surface area contributed by atoms with Gasteiger partial charge in [-0.3, -0.25) is 4.79 Å². The van der Waals surface area contributed by atoms with E-state index >= 15 is 0 Å². The molecule has 0 aliphatic carbocycles. The van der Waals surface area contributed by atoms with Crippen LogP contribution in [0.1, 0.15) is 24.3 Å². The van der Waals surface area contributed by atoms with Crippen molar-refractivity contribution in [3.05, 3.63) is 18.2 Å². The lowest BCUT2D eigenvalue weighted by atomic mass is 10.3. The Bertz CT molecular complexity index is 335. The van der Waals surface area contributed by atoms with Gasteiger partial charge in [-0.1, -0.05) is 0 Å². The fourth-order valence-electron chi connectivity index (χ4n) is 1.36.